The van der Waals surface area contributed by atoms with E-state index < -0.39 is 0 Å². The van der Waals surface area contributed by atoms with Crippen LogP contribution in [0.4, 0.5) is 0 Å². The highest BCUT2D eigenvalue weighted by atomic mass is 16.5. The van der Waals surface area contributed by atoms with Crippen molar-refractivity contribution in [1.82, 2.24) is 4.90 Å². The predicted octanol–water partition coefficient (Wildman–Crippen LogP) is 3.23. The molecule has 0 unspecified atom stereocenters. The number of ether oxygens (including phenoxy) is 1. The third-order valence-electron chi connectivity index (χ3n) is 3.88. The van der Waals surface area contributed by atoms with Crippen molar-refractivity contribution in [2.45, 2.75) is 64.1 Å². The zero-order valence-electron chi connectivity index (χ0n) is 11.8. The molecule has 1 fully saturated rings. The van der Waals surface area contributed by atoms with Crippen LogP contribution in [-0.4, -0.2) is 35.2 Å². The Balaban J connectivity index is 3.02. The van der Waals surface area contributed by atoms with Crippen molar-refractivity contribution in [3.05, 3.63) is 12.7 Å². The third-order valence-corrected chi connectivity index (χ3v) is 3.88. The Bertz CT molecular complexity index is 250. The molecule has 1 saturated heterocycles. The van der Waals surface area contributed by atoms with Crippen LogP contribution < -0.4 is 0 Å². The van der Waals surface area contributed by atoms with Crippen molar-refractivity contribution in [1.29, 1.82) is 0 Å². The fourth-order valence-corrected chi connectivity index (χ4v) is 3.67. The van der Waals surface area contributed by atoms with E-state index in [1.54, 1.807) is 0 Å². The first-order valence-electron chi connectivity index (χ1n) is 6.11. The van der Waals surface area contributed by atoms with Gasteiger partial charge in [-0.05, 0) is 47.5 Å². The fraction of sp³-hybridized carbons (Fsp3) is 0.857. The molecule has 1 aliphatic heterocycles. The minimum Gasteiger partial charge on any atom is -0.378 e. The Morgan fingerprint density at radius 1 is 1.12 bits per heavy atom. The fourth-order valence-electron chi connectivity index (χ4n) is 3.67. The van der Waals surface area contributed by atoms with Crippen molar-refractivity contribution >= 4 is 0 Å². The molecule has 0 bridgehead atoms. The standard InChI is InChI=1S/C14H27NO/c1-8-9-15-12(2,3)10-14(6,16-7)11-13(15,4)5/h8H,1,9-11H2,2-7H3. The number of hydrogen-bond donors (Lipinski definition) is 0. The van der Waals surface area contributed by atoms with Crippen molar-refractivity contribution in [2.75, 3.05) is 13.7 Å². The zero-order valence-corrected chi connectivity index (χ0v) is 11.8. The third kappa shape index (κ3) is 2.49. The lowest BCUT2D eigenvalue weighted by Gasteiger charge is -2.58. The number of piperidine rings is 1. The van der Waals surface area contributed by atoms with Crippen molar-refractivity contribution in [3.8, 4) is 0 Å². The summed E-state index contributed by atoms with van der Waals surface area (Å²) in [6.45, 7) is 16.2. The summed E-state index contributed by atoms with van der Waals surface area (Å²) in [7, 11) is 1.83. The average Bonchev–Trinajstić information content (AvgIpc) is 2.10. The maximum atomic E-state index is 5.72. The highest BCUT2D eigenvalue weighted by molar-refractivity contribution is 5.06. The lowest BCUT2D eigenvalue weighted by molar-refractivity contribution is -0.137. The number of hydrogen-bond acceptors (Lipinski definition) is 2. The molecule has 16 heavy (non-hydrogen) atoms. The lowest BCUT2D eigenvalue weighted by atomic mass is 9.71. The van der Waals surface area contributed by atoms with Gasteiger partial charge in [-0.15, -0.1) is 6.58 Å². The van der Waals surface area contributed by atoms with Crippen LogP contribution in [0.25, 0.3) is 0 Å². The van der Waals surface area contributed by atoms with E-state index in [1.807, 2.05) is 13.2 Å². The molecule has 0 spiro atoms. The Labute approximate surface area is 101 Å². The number of rotatable bonds is 3. The second-order valence-electron chi connectivity index (χ2n) is 6.53. The van der Waals surface area contributed by atoms with E-state index in [1.165, 1.54) is 0 Å². The van der Waals surface area contributed by atoms with E-state index in [4.69, 9.17) is 4.74 Å². The van der Waals surface area contributed by atoms with E-state index in [2.05, 4.69) is 46.1 Å². The number of likely N-dealkylation sites (tertiary alicyclic amines) is 1. The Kier molecular flexibility index (Phi) is 3.56. The summed E-state index contributed by atoms with van der Waals surface area (Å²) in [4.78, 5) is 2.54. The first-order chi connectivity index (χ1) is 7.17. The van der Waals surface area contributed by atoms with Gasteiger partial charge in [-0.3, -0.25) is 4.90 Å². The van der Waals surface area contributed by atoms with E-state index in [9.17, 15) is 0 Å². The minimum absolute atomic E-state index is 0.00926. The molecule has 1 aliphatic rings. The summed E-state index contributed by atoms with van der Waals surface area (Å²) in [6, 6.07) is 0. The van der Waals surface area contributed by atoms with E-state index in [0.29, 0.717) is 0 Å². The van der Waals surface area contributed by atoms with Crippen LogP contribution in [-0.2, 0) is 4.74 Å². The van der Waals surface area contributed by atoms with Crippen LogP contribution in [0, 0.1) is 0 Å². The van der Waals surface area contributed by atoms with Crippen molar-refractivity contribution < 1.29 is 4.74 Å². The molecule has 0 aliphatic carbocycles. The topological polar surface area (TPSA) is 12.5 Å². The summed E-state index contributed by atoms with van der Waals surface area (Å²) >= 11 is 0. The number of methoxy groups -OCH3 is 1. The van der Waals surface area contributed by atoms with Crippen LogP contribution >= 0.6 is 0 Å². The molecule has 1 heterocycles. The van der Waals surface area contributed by atoms with Gasteiger partial charge in [0.25, 0.3) is 0 Å². The van der Waals surface area contributed by atoms with Crippen molar-refractivity contribution in [3.63, 3.8) is 0 Å². The molecule has 0 aromatic heterocycles. The minimum atomic E-state index is -0.00926. The Morgan fingerprint density at radius 2 is 1.56 bits per heavy atom. The molecule has 0 radical (unpaired) electrons. The van der Waals surface area contributed by atoms with E-state index in [0.717, 1.165) is 19.4 Å². The summed E-state index contributed by atoms with van der Waals surface area (Å²) < 4.78 is 5.72. The van der Waals surface area contributed by atoms with Gasteiger partial charge in [0, 0.05) is 24.7 Å². The zero-order chi connectivity index (χ0) is 12.6. The van der Waals surface area contributed by atoms with Gasteiger partial charge in [0.1, 0.15) is 0 Å². The highest BCUT2D eigenvalue weighted by Gasteiger charge is 2.49. The molecule has 0 atom stereocenters. The van der Waals surface area contributed by atoms with Crippen LogP contribution in [0.3, 0.4) is 0 Å². The molecule has 0 aromatic carbocycles. The van der Waals surface area contributed by atoms with Gasteiger partial charge in [-0.25, -0.2) is 0 Å². The van der Waals surface area contributed by atoms with Crippen LogP contribution in [0.2, 0.25) is 0 Å². The average molecular weight is 225 g/mol. The van der Waals surface area contributed by atoms with Gasteiger partial charge >= 0.3 is 0 Å². The second kappa shape index (κ2) is 4.15. The Morgan fingerprint density at radius 3 is 1.88 bits per heavy atom. The molecule has 0 amide bonds. The SMILES string of the molecule is C=CCN1C(C)(C)CC(C)(OC)CC1(C)C. The van der Waals surface area contributed by atoms with Gasteiger partial charge in [-0.2, -0.15) is 0 Å². The molecule has 1 rings (SSSR count). The van der Waals surface area contributed by atoms with Crippen molar-refractivity contribution in [2.24, 2.45) is 0 Å². The maximum absolute atomic E-state index is 5.72. The molecule has 2 nitrogen and oxygen atoms in total. The highest BCUT2D eigenvalue weighted by Crippen LogP contribution is 2.44. The van der Waals surface area contributed by atoms with Crippen LogP contribution in [0.1, 0.15) is 47.5 Å². The van der Waals surface area contributed by atoms with Gasteiger partial charge in [0.2, 0.25) is 0 Å². The largest absolute Gasteiger partial charge is 0.378 e. The maximum Gasteiger partial charge on any atom is 0.0685 e. The molecule has 0 aromatic rings. The molecule has 2 heteroatoms. The smallest absolute Gasteiger partial charge is 0.0685 e. The molecular weight excluding hydrogens is 198 g/mol. The summed E-state index contributed by atoms with van der Waals surface area (Å²) in [6.07, 6.45) is 4.13. The van der Waals surface area contributed by atoms with Gasteiger partial charge < -0.3 is 4.74 Å². The summed E-state index contributed by atoms with van der Waals surface area (Å²) in [5.41, 5.74) is 0.298. The first-order valence-corrected chi connectivity index (χ1v) is 6.11. The monoisotopic (exact) mass is 225 g/mol. The molecule has 0 saturated carbocycles. The molecule has 94 valence electrons. The Hall–Kier alpha value is -0.340. The normalized spacial score (nSPS) is 27.6. The molecular formula is C14H27NO. The van der Waals surface area contributed by atoms with E-state index in [-0.39, 0.29) is 16.7 Å². The lowest BCUT2D eigenvalue weighted by Crippen LogP contribution is -2.65. The predicted molar refractivity (Wildman–Crippen MR) is 69.7 cm³/mol. The van der Waals surface area contributed by atoms with Gasteiger partial charge in [-0.1, -0.05) is 6.08 Å². The molecule has 0 N–H and O–H groups in total. The first kappa shape index (κ1) is 13.7. The summed E-state index contributed by atoms with van der Waals surface area (Å²) in [5, 5.41) is 0. The van der Waals surface area contributed by atoms with Crippen LogP contribution in [0.15, 0.2) is 12.7 Å². The van der Waals surface area contributed by atoms with Crippen LogP contribution in [0.5, 0.6) is 0 Å². The summed E-state index contributed by atoms with van der Waals surface area (Å²) in [5.74, 6) is 0. The number of nitrogens with zero attached hydrogens (tertiary/aromatic N) is 1. The van der Waals surface area contributed by atoms with E-state index >= 15 is 0 Å². The quantitative estimate of drug-likeness (QED) is 0.684. The second-order valence-corrected chi connectivity index (χ2v) is 6.53. The van der Waals surface area contributed by atoms with Gasteiger partial charge in [0.05, 0.1) is 5.60 Å². The van der Waals surface area contributed by atoms with Gasteiger partial charge in [0.15, 0.2) is 0 Å².